The number of fused-ring (bicyclic) bond motifs is 2. The summed E-state index contributed by atoms with van der Waals surface area (Å²) in [6.45, 7) is 0.984. The second-order valence-electron chi connectivity index (χ2n) is 3.79. The van der Waals surface area contributed by atoms with Gasteiger partial charge in [0.05, 0.1) is 0 Å². The molecule has 0 spiro atoms. The van der Waals surface area contributed by atoms with Crippen molar-refractivity contribution in [2.45, 2.75) is 25.3 Å². The Labute approximate surface area is 74.2 Å². The van der Waals surface area contributed by atoms with Crippen molar-refractivity contribution >= 4 is 0 Å². The van der Waals surface area contributed by atoms with Crippen LogP contribution in [0.4, 0.5) is 0 Å². The molecule has 2 aliphatic carbocycles. The molecule has 12 heavy (non-hydrogen) atoms. The van der Waals surface area contributed by atoms with E-state index in [0.29, 0.717) is 6.04 Å². The lowest BCUT2D eigenvalue weighted by atomic mass is 10.0. The summed E-state index contributed by atoms with van der Waals surface area (Å²) in [5.74, 6) is 4.31. The molecule has 64 valence electrons. The summed E-state index contributed by atoms with van der Waals surface area (Å²) >= 11 is 0. The Balaban J connectivity index is 1.77. The Hall–Kier alpha value is -0.740. The van der Waals surface area contributed by atoms with Crippen LogP contribution in [0.25, 0.3) is 0 Å². The molecule has 0 amide bonds. The average Bonchev–Trinajstić information content (AvgIpc) is 2.65. The van der Waals surface area contributed by atoms with E-state index in [2.05, 4.69) is 23.4 Å². The Kier molecular flexibility index (Phi) is 2.19. The van der Waals surface area contributed by atoms with E-state index in [1.807, 2.05) is 0 Å². The van der Waals surface area contributed by atoms with Crippen LogP contribution in [-0.4, -0.2) is 12.6 Å². The van der Waals surface area contributed by atoms with Crippen molar-refractivity contribution in [1.82, 2.24) is 5.32 Å². The van der Waals surface area contributed by atoms with E-state index >= 15 is 0 Å². The molecule has 0 aromatic heterocycles. The van der Waals surface area contributed by atoms with Crippen LogP contribution < -0.4 is 5.32 Å². The van der Waals surface area contributed by atoms with E-state index < -0.39 is 0 Å². The molecule has 1 N–H and O–H groups in total. The highest BCUT2D eigenvalue weighted by atomic mass is 14.9. The van der Waals surface area contributed by atoms with Crippen LogP contribution in [0, 0.1) is 24.2 Å². The number of hydrogen-bond donors (Lipinski definition) is 1. The van der Waals surface area contributed by atoms with Crippen molar-refractivity contribution in [1.29, 1.82) is 0 Å². The molecule has 0 aliphatic heterocycles. The van der Waals surface area contributed by atoms with Gasteiger partial charge in [0.25, 0.3) is 0 Å². The Morgan fingerprint density at radius 2 is 2.33 bits per heavy atom. The van der Waals surface area contributed by atoms with E-state index in [-0.39, 0.29) is 0 Å². The van der Waals surface area contributed by atoms with E-state index in [9.17, 15) is 0 Å². The highest BCUT2D eigenvalue weighted by Gasteiger charge is 2.34. The van der Waals surface area contributed by atoms with Crippen LogP contribution in [-0.2, 0) is 0 Å². The minimum Gasteiger partial charge on any atom is -0.312 e. The minimum atomic E-state index is 0.716. The molecule has 0 aromatic rings. The second-order valence-corrected chi connectivity index (χ2v) is 3.79. The third kappa shape index (κ3) is 1.40. The molecule has 1 nitrogen and oxygen atoms in total. The maximum Gasteiger partial charge on any atom is 0.0212 e. The quantitative estimate of drug-likeness (QED) is 0.376. The molecule has 1 heteroatoms. The van der Waals surface area contributed by atoms with Gasteiger partial charge in [0, 0.05) is 19.0 Å². The fourth-order valence-electron chi connectivity index (χ4n) is 2.35. The van der Waals surface area contributed by atoms with Gasteiger partial charge < -0.3 is 5.32 Å². The number of nitrogens with one attached hydrogen (secondary N) is 1. The SMILES string of the molecule is C#CCCNC1CC2C=CC1C2. The third-order valence-corrected chi connectivity index (χ3v) is 2.95. The van der Waals surface area contributed by atoms with Crippen LogP contribution in [0.1, 0.15) is 19.3 Å². The molecule has 2 rings (SSSR count). The summed E-state index contributed by atoms with van der Waals surface area (Å²) in [5.41, 5.74) is 0. The second kappa shape index (κ2) is 3.33. The van der Waals surface area contributed by atoms with Crippen LogP contribution >= 0.6 is 0 Å². The first kappa shape index (κ1) is 7.89. The Morgan fingerprint density at radius 3 is 2.92 bits per heavy atom. The van der Waals surface area contributed by atoms with Crippen LogP contribution in [0.2, 0.25) is 0 Å². The number of allylic oxidation sites excluding steroid dienone is 1. The smallest absolute Gasteiger partial charge is 0.0212 e. The van der Waals surface area contributed by atoms with Gasteiger partial charge >= 0.3 is 0 Å². The Bertz CT molecular complexity index is 224. The largest absolute Gasteiger partial charge is 0.312 e. The summed E-state index contributed by atoms with van der Waals surface area (Å²) in [6, 6.07) is 0.716. The maximum atomic E-state index is 5.19. The van der Waals surface area contributed by atoms with Gasteiger partial charge in [-0.15, -0.1) is 12.3 Å². The van der Waals surface area contributed by atoms with Crippen LogP contribution in [0.3, 0.4) is 0 Å². The Morgan fingerprint density at radius 1 is 1.42 bits per heavy atom. The zero-order chi connectivity index (χ0) is 8.39. The summed E-state index contributed by atoms with van der Waals surface area (Å²) in [4.78, 5) is 0. The third-order valence-electron chi connectivity index (χ3n) is 2.95. The standard InChI is InChI=1S/C11H15N/c1-2-3-6-12-11-8-9-4-5-10(11)7-9/h1,4-5,9-12H,3,6-8H2. The predicted octanol–water partition coefficient (Wildman–Crippen LogP) is 1.56. The summed E-state index contributed by atoms with van der Waals surface area (Å²) in [5, 5.41) is 3.52. The first-order chi connectivity index (χ1) is 5.90. The van der Waals surface area contributed by atoms with Crippen molar-refractivity contribution in [3.8, 4) is 12.3 Å². The van der Waals surface area contributed by atoms with Gasteiger partial charge in [-0.05, 0) is 24.7 Å². The van der Waals surface area contributed by atoms with Crippen molar-refractivity contribution < 1.29 is 0 Å². The molecule has 0 saturated heterocycles. The zero-order valence-electron chi connectivity index (χ0n) is 7.29. The first-order valence-corrected chi connectivity index (χ1v) is 4.75. The number of terminal acetylenes is 1. The molecule has 3 unspecified atom stereocenters. The molecule has 1 fully saturated rings. The predicted molar refractivity (Wildman–Crippen MR) is 50.6 cm³/mol. The molecule has 0 radical (unpaired) electrons. The summed E-state index contributed by atoms with van der Waals surface area (Å²) in [7, 11) is 0. The highest BCUT2D eigenvalue weighted by molar-refractivity contribution is 5.12. The van der Waals surface area contributed by atoms with Crippen LogP contribution in [0.5, 0.6) is 0 Å². The number of rotatable bonds is 3. The average molecular weight is 161 g/mol. The van der Waals surface area contributed by atoms with Crippen molar-refractivity contribution in [2.24, 2.45) is 11.8 Å². The molecular weight excluding hydrogens is 146 g/mol. The van der Waals surface area contributed by atoms with E-state index in [4.69, 9.17) is 6.42 Å². The lowest BCUT2D eigenvalue weighted by Gasteiger charge is -2.18. The lowest BCUT2D eigenvalue weighted by Crippen LogP contribution is -2.33. The normalized spacial score (nSPS) is 37.1. The van der Waals surface area contributed by atoms with Gasteiger partial charge in [0.2, 0.25) is 0 Å². The molecule has 1 saturated carbocycles. The van der Waals surface area contributed by atoms with Gasteiger partial charge in [-0.3, -0.25) is 0 Å². The van der Waals surface area contributed by atoms with Gasteiger partial charge in [-0.2, -0.15) is 0 Å². The topological polar surface area (TPSA) is 12.0 Å². The molecule has 2 bridgehead atoms. The maximum absolute atomic E-state index is 5.19. The zero-order valence-corrected chi connectivity index (χ0v) is 7.29. The minimum absolute atomic E-state index is 0.716. The number of hydrogen-bond acceptors (Lipinski definition) is 1. The van der Waals surface area contributed by atoms with Gasteiger partial charge in [0.15, 0.2) is 0 Å². The monoisotopic (exact) mass is 161 g/mol. The van der Waals surface area contributed by atoms with E-state index in [1.54, 1.807) is 0 Å². The summed E-state index contributed by atoms with van der Waals surface area (Å²) in [6.07, 6.45) is 13.5. The fourth-order valence-corrected chi connectivity index (χ4v) is 2.35. The van der Waals surface area contributed by atoms with Gasteiger partial charge in [-0.1, -0.05) is 12.2 Å². The lowest BCUT2D eigenvalue weighted by molar-refractivity contribution is 0.457. The summed E-state index contributed by atoms with van der Waals surface area (Å²) < 4.78 is 0. The van der Waals surface area contributed by atoms with Crippen LogP contribution in [0.15, 0.2) is 12.2 Å². The molecule has 3 atom stereocenters. The van der Waals surface area contributed by atoms with Gasteiger partial charge in [0.1, 0.15) is 0 Å². The van der Waals surface area contributed by atoms with E-state index in [0.717, 1.165) is 24.8 Å². The molecular formula is C11H15N. The molecule has 0 heterocycles. The van der Waals surface area contributed by atoms with Crippen molar-refractivity contribution in [2.75, 3.05) is 6.54 Å². The molecule has 0 aromatic carbocycles. The highest BCUT2D eigenvalue weighted by Crippen LogP contribution is 2.38. The molecule has 2 aliphatic rings. The fraction of sp³-hybridized carbons (Fsp3) is 0.636. The van der Waals surface area contributed by atoms with Crippen molar-refractivity contribution in [3.05, 3.63) is 12.2 Å². The van der Waals surface area contributed by atoms with Crippen molar-refractivity contribution in [3.63, 3.8) is 0 Å². The van der Waals surface area contributed by atoms with E-state index in [1.165, 1.54) is 12.8 Å². The van der Waals surface area contributed by atoms with Gasteiger partial charge in [-0.25, -0.2) is 0 Å². The first-order valence-electron chi connectivity index (χ1n) is 4.75.